The number of amides is 1. The van der Waals surface area contributed by atoms with Crippen LogP contribution in [-0.4, -0.2) is 29.7 Å². The molecule has 23 heavy (non-hydrogen) atoms. The molecule has 3 N–H and O–H groups in total. The van der Waals surface area contributed by atoms with E-state index in [2.05, 4.69) is 5.32 Å². The number of carbonyl (C=O) groups excluding carboxylic acids is 1. The molecule has 2 rings (SSSR count). The summed E-state index contributed by atoms with van der Waals surface area (Å²) in [5.41, 5.74) is 6.33. The van der Waals surface area contributed by atoms with Crippen molar-refractivity contribution in [2.75, 3.05) is 19.5 Å². The molecule has 6 heteroatoms. The second kappa shape index (κ2) is 6.42. The first-order chi connectivity index (χ1) is 10.7. The summed E-state index contributed by atoms with van der Waals surface area (Å²) in [5.74, 6) is -0.404. The average molecular weight is 317 g/mol. The van der Waals surface area contributed by atoms with Crippen molar-refractivity contribution < 1.29 is 9.53 Å². The molecule has 0 fully saturated rings. The van der Waals surface area contributed by atoms with Gasteiger partial charge in [0, 0.05) is 31.1 Å². The van der Waals surface area contributed by atoms with Gasteiger partial charge in [-0.3, -0.25) is 9.59 Å². The third-order valence-corrected chi connectivity index (χ3v) is 3.41. The van der Waals surface area contributed by atoms with Gasteiger partial charge in [-0.25, -0.2) is 0 Å². The Morgan fingerprint density at radius 3 is 2.65 bits per heavy atom. The summed E-state index contributed by atoms with van der Waals surface area (Å²) in [6, 6.07) is 5.26. The predicted molar refractivity (Wildman–Crippen MR) is 91.7 cm³/mol. The SMILES string of the molecule is COCCn1cc(C(=O)NC(C)(C)C)c(=O)c2c(N)cccc21. The number of aromatic nitrogens is 1. The summed E-state index contributed by atoms with van der Waals surface area (Å²) in [6.07, 6.45) is 1.57. The third-order valence-electron chi connectivity index (χ3n) is 3.41. The Labute approximate surface area is 135 Å². The largest absolute Gasteiger partial charge is 0.398 e. The second-order valence-corrected chi connectivity index (χ2v) is 6.50. The standard InChI is InChI=1S/C17H23N3O3/c1-17(2,3)19-16(22)11-10-20(8-9-23-4)13-7-5-6-12(18)14(13)15(11)21/h5-7,10H,8-9,18H2,1-4H3,(H,19,22). The molecule has 124 valence electrons. The highest BCUT2D eigenvalue weighted by Gasteiger charge is 2.20. The van der Waals surface area contributed by atoms with E-state index in [0.29, 0.717) is 29.7 Å². The summed E-state index contributed by atoms with van der Waals surface area (Å²) in [4.78, 5) is 25.2. The molecule has 0 aliphatic carbocycles. The highest BCUT2D eigenvalue weighted by molar-refractivity contribution is 6.00. The number of fused-ring (bicyclic) bond motifs is 1. The monoisotopic (exact) mass is 317 g/mol. The zero-order valence-corrected chi connectivity index (χ0v) is 14.0. The van der Waals surface area contributed by atoms with Gasteiger partial charge in [-0.15, -0.1) is 0 Å². The molecule has 0 unspecified atom stereocenters. The fraction of sp³-hybridized carbons (Fsp3) is 0.412. The van der Waals surface area contributed by atoms with E-state index in [0.717, 1.165) is 0 Å². The minimum atomic E-state index is -0.432. The van der Waals surface area contributed by atoms with Crippen molar-refractivity contribution >= 4 is 22.5 Å². The number of anilines is 1. The van der Waals surface area contributed by atoms with Crippen LogP contribution in [-0.2, 0) is 11.3 Å². The van der Waals surface area contributed by atoms with Crippen LogP contribution in [0.25, 0.3) is 10.9 Å². The number of pyridine rings is 1. The number of benzene rings is 1. The number of carbonyl (C=O) groups is 1. The van der Waals surface area contributed by atoms with Crippen LogP contribution in [0.15, 0.2) is 29.2 Å². The third kappa shape index (κ3) is 3.71. The van der Waals surface area contributed by atoms with Crippen molar-refractivity contribution in [1.82, 2.24) is 9.88 Å². The van der Waals surface area contributed by atoms with Gasteiger partial charge in [0.1, 0.15) is 5.56 Å². The maximum atomic E-state index is 12.7. The molecule has 0 saturated carbocycles. The molecule has 0 aliphatic rings. The first kappa shape index (κ1) is 17.0. The number of rotatable bonds is 4. The Morgan fingerprint density at radius 2 is 2.04 bits per heavy atom. The highest BCUT2D eigenvalue weighted by Crippen LogP contribution is 2.18. The average Bonchev–Trinajstić information content (AvgIpc) is 2.44. The number of hydrogen-bond acceptors (Lipinski definition) is 4. The molecule has 0 spiro atoms. The van der Waals surface area contributed by atoms with Crippen LogP contribution < -0.4 is 16.5 Å². The maximum Gasteiger partial charge on any atom is 0.257 e. The van der Waals surface area contributed by atoms with E-state index < -0.39 is 11.4 Å². The lowest BCUT2D eigenvalue weighted by Gasteiger charge is -2.21. The molecular formula is C17H23N3O3. The van der Waals surface area contributed by atoms with Crippen molar-refractivity contribution in [3.8, 4) is 0 Å². The molecular weight excluding hydrogens is 294 g/mol. The van der Waals surface area contributed by atoms with E-state index in [1.54, 1.807) is 25.4 Å². The minimum absolute atomic E-state index is 0.0847. The molecule has 2 aromatic rings. The lowest BCUT2D eigenvalue weighted by molar-refractivity contribution is 0.0917. The number of nitrogens with zero attached hydrogens (tertiary/aromatic N) is 1. The van der Waals surface area contributed by atoms with Gasteiger partial charge in [0.25, 0.3) is 5.91 Å². The van der Waals surface area contributed by atoms with E-state index in [-0.39, 0.29) is 11.0 Å². The molecule has 1 heterocycles. The zero-order valence-electron chi connectivity index (χ0n) is 14.0. The van der Waals surface area contributed by atoms with Crippen LogP contribution in [0.3, 0.4) is 0 Å². The van der Waals surface area contributed by atoms with Crippen LogP contribution in [0.2, 0.25) is 0 Å². The van der Waals surface area contributed by atoms with Crippen molar-refractivity contribution in [1.29, 1.82) is 0 Å². The first-order valence-electron chi connectivity index (χ1n) is 7.47. The van der Waals surface area contributed by atoms with E-state index in [4.69, 9.17) is 10.5 Å². The van der Waals surface area contributed by atoms with Gasteiger partial charge in [0.2, 0.25) is 5.43 Å². The lowest BCUT2D eigenvalue weighted by Crippen LogP contribution is -2.42. The zero-order chi connectivity index (χ0) is 17.2. The number of nitrogens with two attached hydrogens (primary N) is 1. The number of nitrogen functional groups attached to an aromatic ring is 1. The molecule has 0 bridgehead atoms. The van der Waals surface area contributed by atoms with Crippen molar-refractivity contribution in [3.05, 3.63) is 40.2 Å². The molecule has 0 radical (unpaired) electrons. The predicted octanol–water partition coefficient (Wildman–Crippen LogP) is 1.76. The smallest absolute Gasteiger partial charge is 0.257 e. The molecule has 0 aliphatic heterocycles. The molecule has 1 aromatic carbocycles. The van der Waals surface area contributed by atoms with Crippen molar-refractivity contribution in [2.45, 2.75) is 32.9 Å². The van der Waals surface area contributed by atoms with Crippen molar-refractivity contribution in [2.24, 2.45) is 0 Å². The van der Waals surface area contributed by atoms with Crippen LogP contribution >= 0.6 is 0 Å². The van der Waals surface area contributed by atoms with Crippen LogP contribution in [0.4, 0.5) is 5.69 Å². The molecule has 1 aromatic heterocycles. The molecule has 1 amide bonds. The van der Waals surface area contributed by atoms with E-state index in [1.165, 1.54) is 0 Å². The normalized spacial score (nSPS) is 11.7. The highest BCUT2D eigenvalue weighted by atomic mass is 16.5. The molecule has 6 nitrogen and oxygen atoms in total. The maximum absolute atomic E-state index is 12.7. The van der Waals surface area contributed by atoms with Gasteiger partial charge < -0.3 is 20.4 Å². The van der Waals surface area contributed by atoms with Gasteiger partial charge in [-0.05, 0) is 32.9 Å². The number of nitrogens with one attached hydrogen (secondary N) is 1. The quantitative estimate of drug-likeness (QED) is 0.841. The summed E-state index contributed by atoms with van der Waals surface area (Å²) in [5, 5.41) is 3.19. The fourth-order valence-corrected chi connectivity index (χ4v) is 2.41. The van der Waals surface area contributed by atoms with Crippen LogP contribution in [0, 0.1) is 0 Å². The molecule has 0 atom stereocenters. The summed E-state index contributed by atoms with van der Waals surface area (Å²) < 4.78 is 6.93. The van der Waals surface area contributed by atoms with Gasteiger partial charge in [-0.1, -0.05) is 6.07 Å². The Morgan fingerprint density at radius 1 is 1.35 bits per heavy atom. The lowest BCUT2D eigenvalue weighted by atomic mass is 10.1. The molecule has 0 saturated heterocycles. The van der Waals surface area contributed by atoms with Crippen molar-refractivity contribution in [3.63, 3.8) is 0 Å². The van der Waals surface area contributed by atoms with Crippen LogP contribution in [0.5, 0.6) is 0 Å². The Balaban J connectivity index is 2.66. The first-order valence-corrected chi connectivity index (χ1v) is 7.47. The summed E-state index contributed by atoms with van der Waals surface area (Å²) >= 11 is 0. The van der Waals surface area contributed by atoms with E-state index >= 15 is 0 Å². The number of methoxy groups -OCH3 is 1. The van der Waals surface area contributed by atoms with Crippen LogP contribution in [0.1, 0.15) is 31.1 Å². The summed E-state index contributed by atoms with van der Waals surface area (Å²) in [6.45, 7) is 6.58. The summed E-state index contributed by atoms with van der Waals surface area (Å²) in [7, 11) is 1.60. The fourth-order valence-electron chi connectivity index (χ4n) is 2.41. The van der Waals surface area contributed by atoms with Gasteiger partial charge in [0.05, 0.1) is 17.5 Å². The number of ether oxygens (including phenoxy) is 1. The van der Waals surface area contributed by atoms with Gasteiger partial charge in [0.15, 0.2) is 0 Å². The Bertz CT molecular complexity index is 788. The Hall–Kier alpha value is -2.34. The van der Waals surface area contributed by atoms with E-state index in [9.17, 15) is 9.59 Å². The van der Waals surface area contributed by atoms with Gasteiger partial charge >= 0.3 is 0 Å². The minimum Gasteiger partial charge on any atom is -0.398 e. The van der Waals surface area contributed by atoms with E-state index in [1.807, 2.05) is 31.4 Å². The topological polar surface area (TPSA) is 86.3 Å². The second-order valence-electron chi connectivity index (χ2n) is 6.50. The number of hydrogen-bond donors (Lipinski definition) is 2. The van der Waals surface area contributed by atoms with Gasteiger partial charge in [-0.2, -0.15) is 0 Å². The Kier molecular flexibility index (Phi) is 4.75.